The van der Waals surface area contributed by atoms with Crippen LogP contribution in [-0.2, 0) is 5.41 Å². The molecular formula is C19H17FN4S. The van der Waals surface area contributed by atoms with Crippen molar-refractivity contribution in [3.05, 3.63) is 59.9 Å². The molecule has 126 valence electrons. The number of nitrogens with zero attached hydrogens (tertiary/aromatic N) is 4. The van der Waals surface area contributed by atoms with E-state index in [1.165, 1.54) is 29.0 Å². The molecule has 0 spiro atoms. The van der Waals surface area contributed by atoms with Crippen LogP contribution in [0.5, 0.6) is 0 Å². The van der Waals surface area contributed by atoms with E-state index in [-0.39, 0.29) is 11.2 Å². The van der Waals surface area contributed by atoms with E-state index in [2.05, 4.69) is 48.2 Å². The number of aromatic nitrogens is 4. The highest BCUT2D eigenvalue weighted by Gasteiger charge is 2.17. The molecule has 0 bridgehead atoms. The number of fused-ring (bicyclic) bond motifs is 1. The zero-order chi connectivity index (χ0) is 17.6. The standard InChI is InChI=1S/C19H17FN4S/c1-19(2,3)14-8-4-12(5-9-14)16-21-22-18-24(16)23-17(25-18)13-6-10-15(20)11-7-13/h4-11H,1-3H3. The minimum Gasteiger partial charge on any atom is -0.207 e. The Morgan fingerprint density at radius 1 is 0.880 bits per heavy atom. The van der Waals surface area contributed by atoms with Gasteiger partial charge in [-0.25, -0.2) is 4.39 Å². The first-order valence-electron chi connectivity index (χ1n) is 8.01. The lowest BCUT2D eigenvalue weighted by molar-refractivity contribution is 0.590. The molecule has 2 aromatic heterocycles. The molecule has 6 heteroatoms. The molecule has 2 heterocycles. The summed E-state index contributed by atoms with van der Waals surface area (Å²) >= 11 is 1.43. The Labute approximate surface area is 149 Å². The van der Waals surface area contributed by atoms with Crippen molar-refractivity contribution in [2.75, 3.05) is 0 Å². The average Bonchev–Trinajstić information content (AvgIpc) is 3.15. The van der Waals surface area contributed by atoms with Gasteiger partial charge in [0.1, 0.15) is 10.8 Å². The first kappa shape index (κ1) is 15.9. The maximum Gasteiger partial charge on any atom is 0.235 e. The van der Waals surface area contributed by atoms with Crippen LogP contribution in [0.25, 0.3) is 26.9 Å². The molecule has 0 radical (unpaired) electrons. The smallest absolute Gasteiger partial charge is 0.207 e. The number of hydrogen-bond acceptors (Lipinski definition) is 4. The second-order valence-corrected chi connectivity index (χ2v) is 7.92. The largest absolute Gasteiger partial charge is 0.235 e. The Hall–Kier alpha value is -2.60. The molecule has 0 aliphatic rings. The fourth-order valence-electron chi connectivity index (χ4n) is 2.63. The van der Waals surface area contributed by atoms with Gasteiger partial charge in [0.2, 0.25) is 4.96 Å². The number of hydrogen-bond donors (Lipinski definition) is 0. The Morgan fingerprint density at radius 2 is 1.52 bits per heavy atom. The zero-order valence-corrected chi connectivity index (χ0v) is 15.0. The molecule has 4 rings (SSSR count). The van der Waals surface area contributed by atoms with Crippen molar-refractivity contribution in [2.45, 2.75) is 26.2 Å². The average molecular weight is 352 g/mol. The van der Waals surface area contributed by atoms with Crippen molar-refractivity contribution in [3.8, 4) is 22.0 Å². The second kappa shape index (κ2) is 5.74. The van der Waals surface area contributed by atoms with Crippen LogP contribution in [0.3, 0.4) is 0 Å². The van der Waals surface area contributed by atoms with Gasteiger partial charge in [-0.2, -0.15) is 9.61 Å². The molecule has 0 saturated carbocycles. The number of benzene rings is 2. The molecule has 0 aliphatic carbocycles. The number of halogens is 1. The van der Waals surface area contributed by atoms with Gasteiger partial charge >= 0.3 is 0 Å². The van der Waals surface area contributed by atoms with Crippen LogP contribution in [0.2, 0.25) is 0 Å². The summed E-state index contributed by atoms with van der Waals surface area (Å²) in [5.41, 5.74) is 3.21. The van der Waals surface area contributed by atoms with Crippen LogP contribution in [-0.4, -0.2) is 19.8 Å². The lowest BCUT2D eigenvalue weighted by Crippen LogP contribution is -2.10. The van der Waals surface area contributed by atoms with Crippen LogP contribution in [0.4, 0.5) is 4.39 Å². The van der Waals surface area contributed by atoms with Crippen molar-refractivity contribution in [1.29, 1.82) is 0 Å². The predicted molar refractivity (Wildman–Crippen MR) is 98.2 cm³/mol. The van der Waals surface area contributed by atoms with Crippen LogP contribution < -0.4 is 0 Å². The molecule has 0 aliphatic heterocycles. The van der Waals surface area contributed by atoms with E-state index < -0.39 is 0 Å². The summed E-state index contributed by atoms with van der Waals surface area (Å²) in [4.78, 5) is 0.717. The molecule has 25 heavy (non-hydrogen) atoms. The molecule has 0 unspecified atom stereocenters. The predicted octanol–water partition coefficient (Wildman–Crippen LogP) is 4.96. The maximum atomic E-state index is 13.1. The molecule has 0 N–H and O–H groups in total. The molecule has 0 fully saturated rings. The minimum absolute atomic E-state index is 0.106. The summed E-state index contributed by atoms with van der Waals surface area (Å²) in [6, 6.07) is 14.6. The van der Waals surface area contributed by atoms with Gasteiger partial charge in [0.05, 0.1) is 0 Å². The maximum absolute atomic E-state index is 13.1. The fourth-order valence-corrected chi connectivity index (χ4v) is 3.47. The highest BCUT2D eigenvalue weighted by atomic mass is 32.1. The van der Waals surface area contributed by atoms with Crippen LogP contribution in [0, 0.1) is 5.82 Å². The lowest BCUT2D eigenvalue weighted by Gasteiger charge is -2.18. The summed E-state index contributed by atoms with van der Waals surface area (Å²) in [5, 5.41) is 13.9. The SMILES string of the molecule is CC(C)(C)c1ccc(-c2nnc3sc(-c4ccc(F)cc4)nn23)cc1. The molecule has 4 aromatic rings. The Morgan fingerprint density at radius 3 is 2.16 bits per heavy atom. The van der Waals surface area contributed by atoms with E-state index in [1.54, 1.807) is 16.6 Å². The highest BCUT2D eigenvalue weighted by molar-refractivity contribution is 7.19. The van der Waals surface area contributed by atoms with E-state index in [9.17, 15) is 4.39 Å². The van der Waals surface area contributed by atoms with E-state index in [1.807, 2.05) is 12.1 Å². The van der Waals surface area contributed by atoms with Crippen molar-refractivity contribution < 1.29 is 4.39 Å². The highest BCUT2D eigenvalue weighted by Crippen LogP contribution is 2.29. The second-order valence-electron chi connectivity index (χ2n) is 6.96. The third-order valence-electron chi connectivity index (χ3n) is 4.09. The van der Waals surface area contributed by atoms with Crippen LogP contribution in [0.15, 0.2) is 48.5 Å². The molecule has 0 saturated heterocycles. The monoisotopic (exact) mass is 352 g/mol. The Bertz CT molecular complexity index is 1020. The number of rotatable bonds is 2. The van der Waals surface area contributed by atoms with Crippen LogP contribution in [0.1, 0.15) is 26.3 Å². The first-order valence-corrected chi connectivity index (χ1v) is 8.82. The molecular weight excluding hydrogens is 335 g/mol. The van der Waals surface area contributed by atoms with Crippen molar-refractivity contribution in [2.24, 2.45) is 0 Å². The summed E-state index contributed by atoms with van der Waals surface area (Å²) in [6.07, 6.45) is 0. The quantitative estimate of drug-likeness (QED) is 0.512. The molecule has 0 atom stereocenters. The summed E-state index contributed by atoms with van der Waals surface area (Å²) in [7, 11) is 0. The minimum atomic E-state index is -0.258. The van der Waals surface area contributed by atoms with Gasteiger partial charge in [-0.05, 0) is 35.2 Å². The Balaban J connectivity index is 1.74. The van der Waals surface area contributed by atoms with Gasteiger partial charge in [0, 0.05) is 11.1 Å². The third kappa shape index (κ3) is 2.93. The summed E-state index contributed by atoms with van der Waals surface area (Å²) < 4.78 is 14.8. The molecule has 4 nitrogen and oxygen atoms in total. The van der Waals surface area contributed by atoms with Gasteiger partial charge in [0.25, 0.3) is 0 Å². The van der Waals surface area contributed by atoms with Gasteiger partial charge in [-0.1, -0.05) is 56.4 Å². The van der Waals surface area contributed by atoms with Gasteiger partial charge in [-0.15, -0.1) is 10.2 Å². The van der Waals surface area contributed by atoms with E-state index >= 15 is 0 Å². The topological polar surface area (TPSA) is 43.1 Å². The summed E-state index contributed by atoms with van der Waals surface area (Å²) in [5.74, 6) is 0.450. The van der Waals surface area contributed by atoms with Gasteiger partial charge in [-0.3, -0.25) is 0 Å². The van der Waals surface area contributed by atoms with Crippen molar-refractivity contribution in [1.82, 2.24) is 19.8 Å². The van der Waals surface area contributed by atoms with E-state index in [0.717, 1.165) is 16.1 Å². The Kier molecular flexibility index (Phi) is 3.65. The van der Waals surface area contributed by atoms with E-state index in [4.69, 9.17) is 0 Å². The van der Waals surface area contributed by atoms with Crippen molar-refractivity contribution in [3.63, 3.8) is 0 Å². The van der Waals surface area contributed by atoms with Gasteiger partial charge < -0.3 is 0 Å². The third-order valence-corrected chi connectivity index (χ3v) is 5.04. The lowest BCUT2D eigenvalue weighted by atomic mass is 9.87. The normalized spacial score (nSPS) is 12.0. The van der Waals surface area contributed by atoms with Gasteiger partial charge in [0.15, 0.2) is 5.82 Å². The van der Waals surface area contributed by atoms with E-state index in [0.29, 0.717) is 10.8 Å². The van der Waals surface area contributed by atoms with Crippen LogP contribution >= 0.6 is 11.3 Å². The first-order chi connectivity index (χ1) is 11.9. The van der Waals surface area contributed by atoms with Crippen molar-refractivity contribution >= 4 is 16.3 Å². The molecule has 2 aromatic carbocycles. The zero-order valence-electron chi connectivity index (χ0n) is 14.2. The molecule has 0 amide bonds. The summed E-state index contributed by atoms with van der Waals surface area (Å²) in [6.45, 7) is 6.56. The fraction of sp³-hybridized carbons (Fsp3) is 0.211.